The number of hydrogen-bond acceptors (Lipinski definition) is 12. The maximum atomic E-state index is 8.64. The van der Waals surface area contributed by atoms with E-state index in [-0.39, 0.29) is 111 Å². The second-order valence-corrected chi connectivity index (χ2v) is 22.5. The Hall–Kier alpha value is -2.43. The van der Waals surface area contributed by atoms with Crippen molar-refractivity contribution >= 4 is 41.3 Å². The Bertz CT molecular complexity index is 2500. The molecular formula is C70H92Cl3K2N3O9. The Morgan fingerprint density at radius 1 is 0.322 bits per heavy atom. The number of nitrogens with zero attached hydrogens (tertiary/aromatic N) is 3. The van der Waals surface area contributed by atoms with Crippen molar-refractivity contribution in [2.75, 3.05) is 116 Å². The number of ether oxygens (including phenoxy) is 6. The molecule has 0 radical (unpaired) electrons. The summed E-state index contributed by atoms with van der Waals surface area (Å²) < 4.78 is 34.7. The molecule has 0 aromatic heterocycles. The van der Waals surface area contributed by atoms with Crippen LogP contribution in [0.15, 0.2) is 146 Å². The number of carbonyl (C=O) groups is 1. The maximum absolute atomic E-state index is 8.64. The van der Waals surface area contributed by atoms with Gasteiger partial charge in [-0.2, -0.15) is 0 Å². The van der Waals surface area contributed by atoms with Crippen LogP contribution in [0.25, 0.3) is 33.4 Å². The van der Waals surface area contributed by atoms with Crippen LogP contribution < -0.4 is 136 Å². The first-order valence-electron chi connectivity index (χ1n) is 30.9. The number of likely N-dealkylation sites (tertiary alicyclic amines) is 3. The molecule has 3 saturated heterocycles. The predicted octanol–water partition coefficient (Wildman–Crippen LogP) is 9.40. The molecule has 87 heavy (non-hydrogen) atoms. The molecule has 0 atom stereocenters. The minimum Gasteiger partial charge on any atom is -1.00 e. The zero-order valence-corrected chi connectivity index (χ0v) is 60.4. The van der Waals surface area contributed by atoms with Crippen molar-refractivity contribution < 1.29 is 148 Å². The summed E-state index contributed by atoms with van der Waals surface area (Å²) in [7, 11) is 0. The standard InChI is InChI=1S/C28H40N2O2.C23H30ClNO2.C18H20Cl2O2.CH2O3.2K.H/c1-3-17-29(18-4-1)21-7-23-31-27-13-9-25(10-14-27)26-11-15-28(16-12-26)32-24-8-22-30-19-5-2-6-20-30;24-14-4-18-26-22-10-6-20(7-11-22)21-8-12-23(13-9-21)27-19-5-17-25-15-2-1-3-16-25;19-11-1-13-21-17-7-3-15(4-8-17)16-5-9-18(10-6-16)22-14-2-12-20;2-1-4-3;;;/h9-16H,1-8,17-24H2;6-13H,1-5,14-19H2;3-10H,1-2,11-14H2;1,3H;;;/q;;;;2*+1;-1/p-1. The predicted molar refractivity (Wildman–Crippen MR) is 348 cm³/mol. The number of carbonyl (C=O) groups excluding carboxylic acids is 1. The van der Waals surface area contributed by atoms with Crippen LogP contribution in [0.2, 0.25) is 0 Å². The average Bonchev–Trinajstić information content (AvgIpc) is 2.98. The first kappa shape index (κ1) is 77.0. The van der Waals surface area contributed by atoms with E-state index in [0.29, 0.717) is 37.5 Å². The van der Waals surface area contributed by atoms with E-state index in [2.05, 4.69) is 129 Å². The minimum atomic E-state index is -0.181. The van der Waals surface area contributed by atoms with Crippen LogP contribution in [0, 0.1) is 0 Å². The zero-order chi connectivity index (χ0) is 59.6. The van der Waals surface area contributed by atoms with Crippen molar-refractivity contribution in [3.63, 3.8) is 0 Å². The van der Waals surface area contributed by atoms with Crippen LogP contribution in [0.3, 0.4) is 0 Å². The van der Waals surface area contributed by atoms with Gasteiger partial charge in [-0.05, 0) is 222 Å². The monoisotopic (exact) mass is 1300 g/mol. The number of alkyl halides is 3. The topological polar surface area (TPSA) is 114 Å². The Kier molecular flexibility index (Phi) is 43.6. The Balaban J connectivity index is 0.000000334. The van der Waals surface area contributed by atoms with E-state index >= 15 is 0 Å². The smallest absolute Gasteiger partial charge is 1.00 e. The van der Waals surface area contributed by atoms with E-state index in [1.807, 2.05) is 36.4 Å². The molecule has 0 amide bonds. The summed E-state index contributed by atoms with van der Waals surface area (Å²) in [5.41, 5.74) is 7.08. The third kappa shape index (κ3) is 32.6. The fourth-order valence-electron chi connectivity index (χ4n) is 10.2. The first-order chi connectivity index (χ1) is 42.0. The van der Waals surface area contributed by atoms with Crippen LogP contribution >= 0.6 is 34.8 Å². The van der Waals surface area contributed by atoms with Gasteiger partial charge < -0.3 is 54.7 Å². The third-order valence-electron chi connectivity index (χ3n) is 14.8. The molecule has 17 heteroatoms. The number of benzene rings is 6. The fourth-order valence-corrected chi connectivity index (χ4v) is 10.5. The molecule has 6 aromatic carbocycles. The molecule has 0 saturated carbocycles. The van der Waals surface area contributed by atoms with Crippen LogP contribution in [-0.2, 0) is 9.68 Å². The summed E-state index contributed by atoms with van der Waals surface area (Å²) >= 11 is 16.9. The first-order valence-corrected chi connectivity index (χ1v) is 32.5. The minimum absolute atomic E-state index is 0. The second-order valence-electron chi connectivity index (χ2n) is 21.3. The molecule has 3 aliphatic rings. The molecule has 12 nitrogen and oxygen atoms in total. The summed E-state index contributed by atoms with van der Waals surface area (Å²) in [5.74, 6) is 7.36. The molecule has 3 fully saturated rings. The largest absolute Gasteiger partial charge is 1.00 e. The van der Waals surface area contributed by atoms with Gasteiger partial charge in [-0.3, -0.25) is 4.79 Å². The molecule has 9 rings (SSSR count). The van der Waals surface area contributed by atoms with Crippen LogP contribution in [0.4, 0.5) is 0 Å². The fraction of sp³-hybridized carbons (Fsp3) is 0.471. The summed E-state index contributed by atoms with van der Waals surface area (Å²) in [6.45, 7) is 15.2. The van der Waals surface area contributed by atoms with Gasteiger partial charge in [0, 0.05) is 37.3 Å². The molecule has 0 N–H and O–H groups in total. The Labute approximate surface area is 621 Å². The number of hydrogen-bond donors (Lipinski definition) is 0. The molecule has 6 aromatic rings. The summed E-state index contributed by atoms with van der Waals surface area (Å²) in [4.78, 5) is 18.9. The molecule has 0 aliphatic carbocycles. The van der Waals surface area contributed by atoms with Gasteiger partial charge in [0.15, 0.2) is 0 Å². The van der Waals surface area contributed by atoms with E-state index in [0.717, 1.165) is 124 Å². The normalized spacial score (nSPS) is 14.1. The molecule has 3 heterocycles. The maximum Gasteiger partial charge on any atom is 1.00 e. The van der Waals surface area contributed by atoms with Crippen molar-refractivity contribution in [3.05, 3.63) is 146 Å². The van der Waals surface area contributed by atoms with E-state index in [4.69, 9.17) is 73.3 Å². The summed E-state index contributed by atoms with van der Waals surface area (Å²) in [5, 5.41) is 8.43. The van der Waals surface area contributed by atoms with Crippen LogP contribution in [-0.4, -0.2) is 137 Å². The van der Waals surface area contributed by atoms with Crippen molar-refractivity contribution in [1.82, 2.24) is 14.7 Å². The van der Waals surface area contributed by atoms with Crippen LogP contribution in [0.5, 0.6) is 34.5 Å². The van der Waals surface area contributed by atoms with Gasteiger partial charge >= 0.3 is 103 Å². The zero-order valence-electron chi connectivity index (χ0n) is 52.9. The van der Waals surface area contributed by atoms with E-state index in [1.165, 1.54) is 119 Å². The third-order valence-corrected chi connectivity index (χ3v) is 15.6. The summed E-state index contributed by atoms with van der Waals surface area (Å²) in [6, 6.07) is 49.6. The quantitative estimate of drug-likeness (QED) is 0.0103. The van der Waals surface area contributed by atoms with Gasteiger partial charge in [-0.25, -0.2) is 0 Å². The molecular weight excluding hydrogens is 1210 g/mol. The summed E-state index contributed by atoms with van der Waals surface area (Å²) in [6.07, 6.45) is 18.2. The number of rotatable bonds is 31. The Morgan fingerprint density at radius 3 is 0.655 bits per heavy atom. The average molecular weight is 1300 g/mol. The van der Waals surface area contributed by atoms with Gasteiger partial charge in [0.05, 0.1) is 39.6 Å². The van der Waals surface area contributed by atoms with Gasteiger partial charge in [0.1, 0.15) is 34.5 Å². The van der Waals surface area contributed by atoms with Crippen LogP contribution in [0.1, 0.15) is 97.7 Å². The van der Waals surface area contributed by atoms with Gasteiger partial charge in [-0.15, -0.1) is 34.8 Å². The second kappa shape index (κ2) is 49.2. The van der Waals surface area contributed by atoms with E-state index in [1.54, 1.807) is 0 Å². The molecule has 3 aliphatic heterocycles. The van der Waals surface area contributed by atoms with Crippen molar-refractivity contribution in [2.24, 2.45) is 0 Å². The van der Waals surface area contributed by atoms with E-state index < -0.39 is 0 Å². The van der Waals surface area contributed by atoms with E-state index in [9.17, 15) is 0 Å². The number of piperidine rings is 3. The van der Waals surface area contributed by atoms with Crippen molar-refractivity contribution in [1.29, 1.82) is 0 Å². The van der Waals surface area contributed by atoms with Crippen molar-refractivity contribution in [3.8, 4) is 67.9 Å². The molecule has 0 unspecified atom stereocenters. The SMILES string of the molecule is ClCCCOc1ccc(-c2ccc(OCCCCl)cc2)cc1.ClCCCOc1ccc(-c2ccc(OCCCN3CCCCC3)cc2)cc1.O=CO[O-].[H-].[K+].[K+].c1cc(-c2ccc(OCCCN3CCCCC3)cc2)ccc1OCCCN1CCCCC1. The van der Waals surface area contributed by atoms with Gasteiger partial charge in [0.25, 0.3) is 6.47 Å². The van der Waals surface area contributed by atoms with Gasteiger partial charge in [-0.1, -0.05) is 92.1 Å². The molecule has 0 spiro atoms. The van der Waals surface area contributed by atoms with Gasteiger partial charge in [0.2, 0.25) is 0 Å². The number of halogens is 3. The molecule has 0 bridgehead atoms. The van der Waals surface area contributed by atoms with Crippen molar-refractivity contribution in [2.45, 2.75) is 96.3 Å². The molecule has 464 valence electrons. The Morgan fingerprint density at radius 2 is 0.494 bits per heavy atom.